The number of fused-ring (bicyclic) bond motifs is 1. The van der Waals surface area contributed by atoms with Crippen molar-refractivity contribution >= 4 is 29.2 Å². The lowest BCUT2D eigenvalue weighted by Crippen LogP contribution is -2.38. The Hall–Kier alpha value is -4.33. The zero-order chi connectivity index (χ0) is 24.9. The van der Waals surface area contributed by atoms with Gasteiger partial charge >= 0.3 is 5.97 Å². The van der Waals surface area contributed by atoms with Crippen molar-refractivity contribution in [2.24, 2.45) is 0 Å². The van der Waals surface area contributed by atoms with Gasteiger partial charge in [-0.25, -0.2) is 4.79 Å². The molecule has 0 saturated carbocycles. The molecule has 180 valence electrons. The first-order valence-corrected chi connectivity index (χ1v) is 11.1. The minimum absolute atomic E-state index is 0.0981. The van der Waals surface area contributed by atoms with E-state index in [-0.39, 0.29) is 31.6 Å². The molecule has 0 aliphatic carbocycles. The summed E-state index contributed by atoms with van der Waals surface area (Å²) in [4.78, 5) is 38.7. The van der Waals surface area contributed by atoms with E-state index in [0.29, 0.717) is 28.4 Å². The molecule has 0 saturated heterocycles. The molecule has 1 aliphatic rings. The van der Waals surface area contributed by atoms with Crippen LogP contribution >= 0.6 is 0 Å². The van der Waals surface area contributed by atoms with Crippen molar-refractivity contribution < 1.29 is 28.6 Å². The lowest BCUT2D eigenvalue weighted by atomic mass is 10.1. The monoisotopic (exact) mass is 474 g/mol. The standard InChI is InChI=1S/C27H26N2O6/c1-17-7-8-18(2)24(11-17)34-15-25(30)28-21-9-10-23-22(13-21)29(26(31)16-35-23)14-19-5-4-6-20(12-19)27(32)33-3/h4-13H,14-16H2,1-3H3,(H,28,30). The van der Waals surface area contributed by atoms with Crippen LogP contribution in [0.5, 0.6) is 11.5 Å². The highest BCUT2D eigenvalue weighted by atomic mass is 16.5. The predicted molar refractivity (Wildman–Crippen MR) is 131 cm³/mol. The number of ether oxygens (including phenoxy) is 3. The highest BCUT2D eigenvalue weighted by molar-refractivity contribution is 5.99. The Balaban J connectivity index is 1.49. The zero-order valence-electron chi connectivity index (χ0n) is 19.8. The summed E-state index contributed by atoms with van der Waals surface area (Å²) in [5.41, 5.74) is 4.17. The number of anilines is 2. The summed E-state index contributed by atoms with van der Waals surface area (Å²) in [5, 5.41) is 2.81. The smallest absolute Gasteiger partial charge is 0.337 e. The normalized spacial score (nSPS) is 12.4. The first-order valence-electron chi connectivity index (χ1n) is 11.1. The SMILES string of the molecule is COC(=O)c1cccc(CN2C(=O)COc3ccc(NC(=O)COc4cc(C)ccc4C)cc32)c1. The van der Waals surface area contributed by atoms with Crippen LogP contribution in [0.2, 0.25) is 0 Å². The number of hydrogen-bond acceptors (Lipinski definition) is 6. The lowest BCUT2D eigenvalue weighted by molar-refractivity contribution is -0.121. The number of esters is 1. The van der Waals surface area contributed by atoms with Crippen molar-refractivity contribution in [3.8, 4) is 11.5 Å². The van der Waals surface area contributed by atoms with E-state index in [1.54, 1.807) is 41.3 Å². The molecule has 1 aliphatic heterocycles. The topological polar surface area (TPSA) is 94.2 Å². The Morgan fingerprint density at radius 1 is 1.06 bits per heavy atom. The minimum atomic E-state index is -0.450. The van der Waals surface area contributed by atoms with E-state index in [2.05, 4.69) is 5.32 Å². The first kappa shape index (κ1) is 23.8. The molecule has 0 unspecified atom stereocenters. The predicted octanol–water partition coefficient (Wildman–Crippen LogP) is 4.03. The average Bonchev–Trinajstić information content (AvgIpc) is 2.86. The number of methoxy groups -OCH3 is 1. The van der Waals surface area contributed by atoms with Crippen LogP contribution in [-0.4, -0.2) is 38.1 Å². The third-order valence-electron chi connectivity index (χ3n) is 5.58. The molecular formula is C27H26N2O6. The summed E-state index contributed by atoms with van der Waals surface area (Å²) in [6.45, 7) is 3.86. The van der Waals surface area contributed by atoms with Crippen LogP contribution < -0.4 is 19.7 Å². The molecule has 2 amide bonds. The van der Waals surface area contributed by atoms with Crippen molar-refractivity contribution in [2.75, 3.05) is 30.5 Å². The molecular weight excluding hydrogens is 448 g/mol. The van der Waals surface area contributed by atoms with Crippen molar-refractivity contribution in [3.63, 3.8) is 0 Å². The molecule has 3 aromatic carbocycles. The van der Waals surface area contributed by atoms with E-state index in [1.807, 2.05) is 38.1 Å². The number of carbonyl (C=O) groups excluding carboxylic acids is 3. The zero-order valence-corrected chi connectivity index (χ0v) is 19.8. The number of aryl methyl sites for hydroxylation is 2. The molecule has 1 N–H and O–H groups in total. The molecule has 0 spiro atoms. The molecule has 0 atom stereocenters. The van der Waals surface area contributed by atoms with Gasteiger partial charge in [0.1, 0.15) is 11.5 Å². The summed E-state index contributed by atoms with van der Waals surface area (Å²) in [6.07, 6.45) is 0. The molecule has 3 aromatic rings. The van der Waals surface area contributed by atoms with Gasteiger partial charge < -0.3 is 24.4 Å². The highest BCUT2D eigenvalue weighted by Crippen LogP contribution is 2.35. The number of rotatable bonds is 7. The first-order chi connectivity index (χ1) is 16.8. The summed E-state index contributed by atoms with van der Waals surface area (Å²) < 4.78 is 16.0. The Kier molecular flexibility index (Phi) is 7.01. The van der Waals surface area contributed by atoms with Crippen molar-refractivity contribution in [2.45, 2.75) is 20.4 Å². The second-order valence-corrected chi connectivity index (χ2v) is 8.25. The summed E-state index contributed by atoms with van der Waals surface area (Å²) in [7, 11) is 1.32. The molecule has 0 aromatic heterocycles. The van der Waals surface area contributed by atoms with Gasteiger partial charge in [-0.2, -0.15) is 0 Å². The molecule has 1 heterocycles. The second kappa shape index (κ2) is 10.3. The van der Waals surface area contributed by atoms with Gasteiger partial charge in [0.05, 0.1) is 24.9 Å². The Labute approximate surface area is 203 Å². The molecule has 0 fully saturated rings. The van der Waals surface area contributed by atoms with Crippen LogP contribution in [0.1, 0.15) is 27.0 Å². The fourth-order valence-electron chi connectivity index (χ4n) is 3.75. The molecule has 8 heteroatoms. The maximum atomic E-state index is 12.7. The van der Waals surface area contributed by atoms with Gasteiger partial charge in [0.25, 0.3) is 11.8 Å². The number of nitrogens with one attached hydrogen (secondary N) is 1. The molecule has 35 heavy (non-hydrogen) atoms. The van der Waals surface area contributed by atoms with Gasteiger partial charge in [-0.15, -0.1) is 0 Å². The van der Waals surface area contributed by atoms with E-state index in [9.17, 15) is 14.4 Å². The van der Waals surface area contributed by atoms with Crippen LogP contribution in [0.4, 0.5) is 11.4 Å². The van der Waals surface area contributed by atoms with E-state index in [0.717, 1.165) is 16.7 Å². The molecule has 8 nitrogen and oxygen atoms in total. The van der Waals surface area contributed by atoms with Gasteiger partial charge in [0.15, 0.2) is 13.2 Å². The number of carbonyl (C=O) groups is 3. The second-order valence-electron chi connectivity index (χ2n) is 8.25. The largest absolute Gasteiger partial charge is 0.483 e. The molecule has 0 radical (unpaired) electrons. The quantitative estimate of drug-likeness (QED) is 0.520. The van der Waals surface area contributed by atoms with Crippen LogP contribution in [0, 0.1) is 13.8 Å². The summed E-state index contributed by atoms with van der Waals surface area (Å²) in [6, 6.07) is 17.8. The third-order valence-corrected chi connectivity index (χ3v) is 5.58. The van der Waals surface area contributed by atoms with Gasteiger partial charge in [-0.1, -0.05) is 24.3 Å². The lowest BCUT2D eigenvalue weighted by Gasteiger charge is -2.30. The van der Waals surface area contributed by atoms with Crippen molar-refractivity contribution in [1.82, 2.24) is 0 Å². The Morgan fingerprint density at radius 2 is 1.89 bits per heavy atom. The number of benzene rings is 3. The van der Waals surface area contributed by atoms with Crippen molar-refractivity contribution in [1.29, 1.82) is 0 Å². The van der Waals surface area contributed by atoms with E-state index in [1.165, 1.54) is 7.11 Å². The minimum Gasteiger partial charge on any atom is -0.483 e. The Bertz CT molecular complexity index is 1290. The Morgan fingerprint density at radius 3 is 2.69 bits per heavy atom. The van der Waals surface area contributed by atoms with Crippen LogP contribution in [0.25, 0.3) is 0 Å². The average molecular weight is 475 g/mol. The fourth-order valence-corrected chi connectivity index (χ4v) is 3.75. The maximum absolute atomic E-state index is 12.7. The third kappa shape index (κ3) is 5.60. The van der Waals surface area contributed by atoms with Gasteiger partial charge in [-0.3, -0.25) is 9.59 Å². The van der Waals surface area contributed by atoms with Crippen LogP contribution in [-0.2, 0) is 20.9 Å². The van der Waals surface area contributed by atoms with Gasteiger partial charge in [-0.05, 0) is 66.9 Å². The number of hydrogen-bond donors (Lipinski definition) is 1. The highest BCUT2D eigenvalue weighted by Gasteiger charge is 2.26. The summed E-state index contributed by atoms with van der Waals surface area (Å²) >= 11 is 0. The maximum Gasteiger partial charge on any atom is 0.337 e. The fraction of sp³-hybridized carbons (Fsp3) is 0.222. The van der Waals surface area contributed by atoms with Crippen LogP contribution in [0.3, 0.4) is 0 Å². The van der Waals surface area contributed by atoms with Gasteiger partial charge in [0.2, 0.25) is 0 Å². The molecule has 4 rings (SSSR count). The molecule has 0 bridgehead atoms. The van der Waals surface area contributed by atoms with E-state index >= 15 is 0 Å². The van der Waals surface area contributed by atoms with Crippen LogP contribution in [0.15, 0.2) is 60.7 Å². The van der Waals surface area contributed by atoms with Crippen molar-refractivity contribution in [3.05, 3.63) is 82.9 Å². The van der Waals surface area contributed by atoms with E-state index in [4.69, 9.17) is 14.2 Å². The summed E-state index contributed by atoms with van der Waals surface area (Å²) in [5.74, 6) is 0.172. The van der Waals surface area contributed by atoms with E-state index < -0.39 is 5.97 Å². The number of nitrogens with zero attached hydrogens (tertiary/aromatic N) is 1. The van der Waals surface area contributed by atoms with Gasteiger partial charge in [0, 0.05) is 5.69 Å². The number of amides is 2.